The Morgan fingerprint density at radius 1 is 0.750 bits per heavy atom. The van der Waals surface area contributed by atoms with Crippen LogP contribution in [0.4, 0.5) is 0 Å². The van der Waals surface area contributed by atoms with E-state index >= 15 is 0 Å². The molecule has 0 heterocycles. The largest absolute Gasteiger partial charge is 1.00 e. The van der Waals surface area contributed by atoms with E-state index in [0.29, 0.717) is 0 Å². The second-order valence-electron chi connectivity index (χ2n) is 5.82. The first-order valence-corrected chi connectivity index (χ1v) is 13.6. The molecule has 0 rings (SSSR count). The molecule has 0 nitrogen and oxygen atoms in total. The molecule has 0 bridgehead atoms. The quantitative estimate of drug-likeness (QED) is 0.616. The van der Waals surface area contributed by atoms with Crippen molar-refractivity contribution in [2.45, 2.75) is 49.1 Å². The van der Waals surface area contributed by atoms with E-state index in [1.54, 1.807) is 9.81 Å². The summed E-state index contributed by atoms with van der Waals surface area (Å²) in [6.07, 6.45) is 0. The fourth-order valence-corrected chi connectivity index (χ4v) is 9.74. The van der Waals surface area contributed by atoms with Gasteiger partial charge in [-0.2, -0.15) is 0 Å². The standard InChI is InChI=1S/2C4H11Si.Al.ClH/c2*1-5(2,3)4;;/h2*1H2,2-4H3;;1H/q;;+1;/p-1. The van der Waals surface area contributed by atoms with E-state index in [1.807, 2.05) is 0 Å². The number of hydrogen-bond donors (Lipinski definition) is 0. The topological polar surface area (TPSA) is 0 Å². The van der Waals surface area contributed by atoms with E-state index in [2.05, 4.69) is 39.3 Å². The predicted octanol–water partition coefficient (Wildman–Crippen LogP) is 0.286. The van der Waals surface area contributed by atoms with E-state index < -0.39 is 16.1 Å². The molecule has 0 aromatic rings. The summed E-state index contributed by atoms with van der Waals surface area (Å²) in [4.78, 5) is 3.22. The van der Waals surface area contributed by atoms with Crippen molar-refractivity contribution in [1.82, 2.24) is 0 Å². The first-order chi connectivity index (χ1) is 4.71. The number of rotatable bonds is 4. The van der Waals surface area contributed by atoms with Gasteiger partial charge in [-0.3, -0.25) is 0 Å². The van der Waals surface area contributed by atoms with Gasteiger partial charge in [-0.15, -0.1) is 0 Å². The minimum absolute atomic E-state index is 0. The van der Waals surface area contributed by atoms with Crippen molar-refractivity contribution in [3.63, 3.8) is 0 Å². The van der Waals surface area contributed by atoms with Crippen molar-refractivity contribution in [2.75, 3.05) is 0 Å². The van der Waals surface area contributed by atoms with Gasteiger partial charge in [0.15, 0.2) is 0 Å². The smallest absolute Gasteiger partial charge is 1.00 e. The van der Waals surface area contributed by atoms with Crippen molar-refractivity contribution >= 4 is 31.4 Å². The van der Waals surface area contributed by atoms with Crippen molar-refractivity contribution in [2.24, 2.45) is 0 Å². The molecule has 0 amide bonds. The third kappa shape index (κ3) is 13.8. The maximum absolute atomic E-state index is 2.49. The Kier molecular flexibility index (Phi) is 7.70. The van der Waals surface area contributed by atoms with Crippen LogP contribution in [0.25, 0.3) is 0 Å². The van der Waals surface area contributed by atoms with E-state index in [1.165, 1.54) is 0 Å². The molecule has 0 radical (unpaired) electrons. The van der Waals surface area contributed by atoms with Crippen LogP contribution in [0.3, 0.4) is 0 Å². The van der Waals surface area contributed by atoms with Crippen LogP contribution < -0.4 is 12.4 Å². The Morgan fingerprint density at radius 3 is 1.17 bits per heavy atom. The van der Waals surface area contributed by atoms with E-state index in [4.69, 9.17) is 0 Å². The summed E-state index contributed by atoms with van der Waals surface area (Å²) < 4.78 is 0. The monoisotopic (exact) mass is 236 g/mol. The second-order valence-corrected chi connectivity index (χ2v) is 19.9. The summed E-state index contributed by atoms with van der Waals surface area (Å²) in [6.45, 7) is 14.9. The molecule has 72 valence electrons. The molecular weight excluding hydrogens is 215 g/mol. The molecule has 0 aliphatic rings. The van der Waals surface area contributed by atoms with Gasteiger partial charge in [0.25, 0.3) is 0 Å². The molecule has 0 saturated heterocycles. The Labute approximate surface area is 92.7 Å². The summed E-state index contributed by atoms with van der Waals surface area (Å²) in [5.74, 6) is 0. The minimum atomic E-state index is -0.698. The van der Waals surface area contributed by atoms with Gasteiger partial charge in [0.05, 0.1) is 0 Å². The Bertz CT molecular complexity index is 101. The van der Waals surface area contributed by atoms with Gasteiger partial charge in [-0.25, -0.2) is 0 Å². The first-order valence-electron chi connectivity index (χ1n) is 4.52. The third-order valence-corrected chi connectivity index (χ3v) is 13.6. The van der Waals surface area contributed by atoms with Crippen LogP contribution in [-0.4, -0.2) is 31.4 Å². The summed E-state index contributed by atoms with van der Waals surface area (Å²) in [7, 11) is -1.40. The van der Waals surface area contributed by atoms with Gasteiger partial charge < -0.3 is 12.4 Å². The fourth-order valence-electron chi connectivity index (χ4n) is 0.938. The zero-order chi connectivity index (χ0) is 9.12. The van der Waals surface area contributed by atoms with Crippen LogP contribution in [-0.2, 0) is 0 Å². The van der Waals surface area contributed by atoms with Crippen molar-refractivity contribution in [1.29, 1.82) is 0 Å². The molecule has 0 atom stereocenters. The molecule has 0 unspecified atom stereocenters. The number of hydrogen-bond acceptors (Lipinski definition) is 0. The average Bonchev–Trinajstić information content (AvgIpc) is 1.55. The molecule has 4 heteroatoms. The van der Waals surface area contributed by atoms with Crippen LogP contribution in [0.1, 0.15) is 0 Å². The zero-order valence-corrected chi connectivity index (χ0v) is 13.3. The minimum Gasteiger partial charge on any atom is -1.00 e. The van der Waals surface area contributed by atoms with Crippen molar-refractivity contribution in [3.05, 3.63) is 0 Å². The number of halogens is 1. The molecule has 0 fully saturated rings. The molecule has 0 aromatic heterocycles. The van der Waals surface area contributed by atoms with Gasteiger partial charge in [0.2, 0.25) is 0 Å². The van der Waals surface area contributed by atoms with Crippen LogP contribution >= 0.6 is 0 Å². The van der Waals surface area contributed by atoms with Crippen LogP contribution in [0, 0.1) is 0 Å². The van der Waals surface area contributed by atoms with E-state index in [0.717, 1.165) is 15.2 Å². The summed E-state index contributed by atoms with van der Waals surface area (Å²) in [5.41, 5.74) is 0. The van der Waals surface area contributed by atoms with Gasteiger partial charge in [-0.1, -0.05) is 0 Å². The van der Waals surface area contributed by atoms with Gasteiger partial charge >= 0.3 is 80.5 Å². The van der Waals surface area contributed by atoms with Gasteiger partial charge in [-0.05, 0) is 0 Å². The summed E-state index contributed by atoms with van der Waals surface area (Å²) in [5, 5.41) is 0. The van der Waals surface area contributed by atoms with Crippen molar-refractivity contribution < 1.29 is 12.4 Å². The fraction of sp³-hybridized carbons (Fsp3) is 1.00. The maximum atomic E-state index is 2.49. The SMILES string of the molecule is C[Si](C)(C)[CH2][Al+][CH2][Si](C)(C)C.[Cl-]. The van der Waals surface area contributed by atoms with E-state index in [9.17, 15) is 0 Å². The van der Waals surface area contributed by atoms with Crippen LogP contribution in [0.15, 0.2) is 0 Å². The van der Waals surface area contributed by atoms with Crippen LogP contribution in [0.5, 0.6) is 0 Å². The van der Waals surface area contributed by atoms with Crippen molar-refractivity contribution in [3.8, 4) is 0 Å². The zero-order valence-electron chi connectivity index (χ0n) is 9.37. The summed E-state index contributed by atoms with van der Waals surface area (Å²) >= 11 is 0.792. The Hall–Kier alpha value is 1.26. The normalized spacial score (nSPS) is 11.8. The molecule has 0 aromatic carbocycles. The molecular formula is C8H22AlClSi2. The second kappa shape index (κ2) is 5.88. The van der Waals surface area contributed by atoms with Gasteiger partial charge in [0, 0.05) is 0 Å². The maximum Gasteiger partial charge on any atom is -1.00 e. The van der Waals surface area contributed by atoms with Gasteiger partial charge in [0.1, 0.15) is 0 Å². The summed E-state index contributed by atoms with van der Waals surface area (Å²) in [6, 6.07) is 0. The molecule has 12 heavy (non-hydrogen) atoms. The average molecular weight is 237 g/mol. The predicted molar refractivity (Wildman–Crippen MR) is 62.1 cm³/mol. The molecule has 0 aliphatic carbocycles. The first kappa shape index (κ1) is 15.7. The molecule has 0 saturated carbocycles. The molecule has 0 N–H and O–H groups in total. The molecule has 0 aliphatic heterocycles. The van der Waals surface area contributed by atoms with E-state index in [-0.39, 0.29) is 12.4 Å². The Balaban J connectivity index is 0. The third-order valence-electron chi connectivity index (χ3n) is 1.51. The van der Waals surface area contributed by atoms with Crippen LogP contribution in [0.2, 0.25) is 49.1 Å². The Morgan fingerprint density at radius 2 is 1.00 bits per heavy atom. The molecule has 0 spiro atoms.